The Morgan fingerprint density at radius 1 is 1.03 bits per heavy atom. The monoisotopic (exact) mass is 576 g/mol. The zero-order chi connectivity index (χ0) is 28.0. The average molecular weight is 577 g/mol. The predicted molar refractivity (Wildman–Crippen MR) is 143 cm³/mol. The van der Waals surface area contributed by atoms with E-state index in [2.05, 4.69) is 4.98 Å². The third kappa shape index (κ3) is 5.16. The van der Waals surface area contributed by atoms with Crippen LogP contribution in [0.3, 0.4) is 0 Å². The molecule has 4 heterocycles. The van der Waals surface area contributed by atoms with E-state index in [9.17, 15) is 29.7 Å². The summed E-state index contributed by atoms with van der Waals surface area (Å²) >= 11 is 12.7. The summed E-state index contributed by atoms with van der Waals surface area (Å²) in [6, 6.07) is 5.26. The van der Waals surface area contributed by atoms with Crippen molar-refractivity contribution in [2.75, 3.05) is 31.1 Å². The fourth-order valence-corrected chi connectivity index (χ4v) is 6.31. The van der Waals surface area contributed by atoms with Gasteiger partial charge in [0.05, 0.1) is 28.7 Å². The van der Waals surface area contributed by atoms with Crippen LogP contribution >= 0.6 is 23.2 Å². The first-order valence-electron chi connectivity index (χ1n) is 12.3. The largest absolute Gasteiger partial charge is 0.485 e. The Balaban J connectivity index is 1.35. The summed E-state index contributed by atoms with van der Waals surface area (Å²) in [5.41, 5.74) is 1.90. The fourth-order valence-electron chi connectivity index (χ4n) is 5.62. The molecule has 39 heavy (non-hydrogen) atoms. The molecule has 2 saturated heterocycles. The summed E-state index contributed by atoms with van der Waals surface area (Å²) in [6.07, 6.45) is 1.17. The maximum Gasteiger partial charge on any atom is 0.408 e. The van der Waals surface area contributed by atoms with Crippen molar-refractivity contribution >= 4 is 52.7 Å². The first-order chi connectivity index (χ1) is 18.5. The van der Waals surface area contributed by atoms with Gasteiger partial charge < -0.3 is 29.9 Å². The number of halogens is 2. The number of nitrogens with zero attached hydrogens (tertiary/aromatic N) is 4. The van der Waals surface area contributed by atoms with Gasteiger partial charge in [0.25, 0.3) is 0 Å². The fraction of sp³-hybridized carbons (Fsp3) is 0.385. The molecular formula is C26H26Cl2N4O7. The molecule has 206 valence electrons. The van der Waals surface area contributed by atoms with Crippen LogP contribution in [0.5, 0.6) is 5.75 Å². The average Bonchev–Trinajstić information content (AvgIpc) is 3.33. The highest BCUT2D eigenvalue weighted by atomic mass is 35.5. The normalized spacial score (nSPS) is 24.4. The summed E-state index contributed by atoms with van der Waals surface area (Å²) in [5, 5.41) is 30.1. The highest BCUT2D eigenvalue weighted by Crippen LogP contribution is 2.39. The summed E-state index contributed by atoms with van der Waals surface area (Å²) < 4.78 is 6.09. The van der Waals surface area contributed by atoms with Crippen LogP contribution in [0.15, 0.2) is 36.5 Å². The number of amides is 2. The lowest BCUT2D eigenvalue weighted by Gasteiger charge is -2.49. The van der Waals surface area contributed by atoms with Crippen LogP contribution in [0.4, 0.5) is 15.4 Å². The van der Waals surface area contributed by atoms with E-state index in [4.69, 9.17) is 27.9 Å². The molecule has 2 aromatic rings. The van der Waals surface area contributed by atoms with Crippen molar-refractivity contribution in [3.63, 3.8) is 0 Å². The lowest BCUT2D eigenvalue weighted by Crippen LogP contribution is -2.65. The van der Waals surface area contributed by atoms with Crippen molar-refractivity contribution in [3.05, 3.63) is 57.7 Å². The van der Waals surface area contributed by atoms with Gasteiger partial charge in [0.15, 0.2) is 5.75 Å². The second kappa shape index (κ2) is 10.5. The Morgan fingerprint density at radius 3 is 2.33 bits per heavy atom. The molecular weight excluding hydrogens is 551 g/mol. The zero-order valence-corrected chi connectivity index (χ0v) is 22.3. The molecule has 2 bridgehead atoms. The molecule has 1 unspecified atom stereocenters. The Bertz CT molecular complexity index is 1330. The Labute approximate surface area is 233 Å². The Morgan fingerprint density at radius 2 is 1.74 bits per heavy atom. The number of rotatable bonds is 5. The number of carboxylic acids is 1. The van der Waals surface area contributed by atoms with Crippen LogP contribution in [0.1, 0.15) is 17.5 Å². The van der Waals surface area contributed by atoms with Gasteiger partial charge in [0.1, 0.15) is 17.8 Å². The molecule has 3 N–H and O–H groups in total. The maximum absolute atomic E-state index is 12.3. The van der Waals surface area contributed by atoms with E-state index in [1.54, 1.807) is 30.5 Å². The predicted octanol–water partition coefficient (Wildman–Crippen LogP) is 4.16. The number of ether oxygens (including phenoxy) is 1. The van der Waals surface area contributed by atoms with Crippen molar-refractivity contribution in [2.24, 2.45) is 5.92 Å². The van der Waals surface area contributed by atoms with Gasteiger partial charge in [-0.3, -0.25) is 9.69 Å². The van der Waals surface area contributed by atoms with Crippen LogP contribution in [0.25, 0.3) is 5.57 Å². The van der Waals surface area contributed by atoms with Crippen molar-refractivity contribution in [3.8, 4) is 5.75 Å². The van der Waals surface area contributed by atoms with Gasteiger partial charge in [0, 0.05) is 32.3 Å². The SMILES string of the molecule is Cc1cc(Cl)c(O[C@@H]2CCN(c3ccc(C4=C[C@@H]5CN(C(=O)O)C[C@H](C4C(=O)O)N5C(=O)O)cn3)C2)c(Cl)c1. The standard InChI is InChI=1S/C26H26Cl2N4O7/c1-13-6-18(27)23(19(28)7-13)39-16-4-5-30(11-16)21-3-2-14(9-29-21)17-8-15-10-31(25(35)36)12-20(22(17)24(33)34)32(15)26(37)38/h2-3,6-9,15-16,20,22H,4-5,10-12H2,1H3,(H,33,34)(H,35,36)(H,37,38)/t15-,16-,20-,22?/m1/s1. The van der Waals surface area contributed by atoms with Crippen LogP contribution in [-0.2, 0) is 4.79 Å². The van der Waals surface area contributed by atoms with E-state index in [1.807, 2.05) is 11.8 Å². The number of aliphatic carboxylic acids is 1. The number of aryl methyl sites for hydroxylation is 1. The lowest BCUT2D eigenvalue weighted by atomic mass is 9.79. The molecule has 5 rings (SSSR count). The molecule has 2 amide bonds. The molecule has 3 aliphatic heterocycles. The number of aromatic nitrogens is 1. The summed E-state index contributed by atoms with van der Waals surface area (Å²) in [6.45, 7) is 2.82. The number of carboxylic acid groups (broad SMARTS) is 3. The number of hydrogen-bond acceptors (Lipinski definition) is 6. The minimum absolute atomic E-state index is 0.0797. The van der Waals surface area contributed by atoms with Crippen LogP contribution in [-0.4, -0.2) is 92.6 Å². The highest BCUT2D eigenvalue weighted by molar-refractivity contribution is 6.37. The summed E-state index contributed by atoms with van der Waals surface area (Å²) in [5.74, 6) is -1.36. The second-order valence-electron chi connectivity index (χ2n) is 9.89. The minimum atomic E-state index is -1.29. The molecule has 4 atom stereocenters. The molecule has 11 nitrogen and oxygen atoms in total. The maximum atomic E-state index is 12.3. The molecule has 13 heteroatoms. The third-order valence-corrected chi connectivity index (χ3v) is 7.92. The lowest BCUT2D eigenvalue weighted by molar-refractivity contribution is -0.142. The van der Waals surface area contributed by atoms with E-state index >= 15 is 0 Å². The summed E-state index contributed by atoms with van der Waals surface area (Å²) in [4.78, 5) is 44.5. The first kappa shape index (κ1) is 26.9. The Hall–Kier alpha value is -3.70. The van der Waals surface area contributed by atoms with E-state index in [1.165, 1.54) is 6.08 Å². The smallest absolute Gasteiger partial charge is 0.408 e. The molecule has 0 saturated carbocycles. The molecule has 2 fully saturated rings. The van der Waals surface area contributed by atoms with Crippen molar-refractivity contribution in [2.45, 2.75) is 31.5 Å². The van der Waals surface area contributed by atoms with Gasteiger partial charge in [-0.2, -0.15) is 0 Å². The third-order valence-electron chi connectivity index (χ3n) is 7.36. The van der Waals surface area contributed by atoms with Gasteiger partial charge in [-0.25, -0.2) is 14.6 Å². The van der Waals surface area contributed by atoms with E-state index in [-0.39, 0.29) is 19.2 Å². The van der Waals surface area contributed by atoms with Crippen LogP contribution in [0.2, 0.25) is 10.0 Å². The topological polar surface area (TPSA) is 144 Å². The molecule has 0 spiro atoms. The number of anilines is 1. The number of hydrogen-bond donors (Lipinski definition) is 3. The van der Waals surface area contributed by atoms with Gasteiger partial charge in [-0.05, 0) is 47.9 Å². The molecule has 0 radical (unpaired) electrons. The van der Waals surface area contributed by atoms with Gasteiger partial charge in [-0.15, -0.1) is 0 Å². The second-order valence-corrected chi connectivity index (χ2v) is 10.7. The van der Waals surface area contributed by atoms with E-state index in [0.29, 0.717) is 45.8 Å². The van der Waals surface area contributed by atoms with Gasteiger partial charge in [0.2, 0.25) is 0 Å². The molecule has 1 aromatic carbocycles. The van der Waals surface area contributed by atoms with Crippen LogP contribution < -0.4 is 9.64 Å². The minimum Gasteiger partial charge on any atom is -0.485 e. The highest BCUT2D eigenvalue weighted by Gasteiger charge is 2.49. The van der Waals surface area contributed by atoms with Crippen molar-refractivity contribution in [1.29, 1.82) is 0 Å². The number of pyridine rings is 1. The number of piperazine rings is 1. The van der Waals surface area contributed by atoms with Gasteiger partial charge >= 0.3 is 18.2 Å². The molecule has 1 aromatic heterocycles. The van der Waals surface area contributed by atoms with Crippen LogP contribution in [0, 0.1) is 12.8 Å². The van der Waals surface area contributed by atoms with Crippen molar-refractivity contribution < 1.29 is 34.4 Å². The number of carbonyl (C=O) groups is 3. The summed E-state index contributed by atoms with van der Waals surface area (Å²) in [7, 11) is 0. The van der Waals surface area contributed by atoms with E-state index in [0.717, 1.165) is 21.8 Å². The quantitative estimate of drug-likeness (QED) is 0.477. The number of benzene rings is 1. The Kier molecular flexibility index (Phi) is 7.21. The van der Waals surface area contributed by atoms with E-state index < -0.39 is 36.2 Å². The molecule has 3 aliphatic rings. The zero-order valence-electron chi connectivity index (χ0n) is 20.8. The number of fused-ring (bicyclic) bond motifs is 2. The van der Waals surface area contributed by atoms with Gasteiger partial charge in [-0.1, -0.05) is 29.3 Å². The first-order valence-corrected chi connectivity index (χ1v) is 13.1. The van der Waals surface area contributed by atoms with Crippen molar-refractivity contribution in [1.82, 2.24) is 14.8 Å². The molecule has 0 aliphatic carbocycles.